The molecule has 2 N–H and O–H groups in total. The number of thiazole rings is 1. The maximum atomic E-state index is 11.9. The highest BCUT2D eigenvalue weighted by atomic mass is 32.2. The second kappa shape index (κ2) is 5.46. The average Bonchev–Trinajstić information content (AvgIpc) is 2.89. The number of thioether (sulfide) groups is 1. The van der Waals surface area contributed by atoms with Crippen LogP contribution in [-0.2, 0) is 4.79 Å². The molecule has 0 unspecified atom stereocenters. The van der Waals surface area contributed by atoms with E-state index in [1.807, 2.05) is 7.05 Å². The van der Waals surface area contributed by atoms with E-state index in [-0.39, 0.29) is 11.8 Å². The van der Waals surface area contributed by atoms with Crippen LogP contribution >= 0.6 is 23.1 Å². The van der Waals surface area contributed by atoms with Crippen LogP contribution in [-0.4, -0.2) is 24.2 Å². The van der Waals surface area contributed by atoms with E-state index < -0.39 is 0 Å². The van der Waals surface area contributed by atoms with Crippen LogP contribution in [0.15, 0.2) is 29.2 Å². The normalized spacial score (nSPS) is 17.5. The fourth-order valence-corrected chi connectivity index (χ4v) is 3.74. The predicted octanol–water partition coefficient (Wildman–Crippen LogP) is 3.38. The summed E-state index contributed by atoms with van der Waals surface area (Å²) < 4.78 is 0. The first-order valence-electron chi connectivity index (χ1n) is 6.33. The summed E-state index contributed by atoms with van der Waals surface area (Å²) in [7, 11) is 1.84. The Labute approximate surface area is 126 Å². The van der Waals surface area contributed by atoms with Gasteiger partial charge in [0, 0.05) is 24.3 Å². The van der Waals surface area contributed by atoms with Crippen LogP contribution in [0.3, 0.4) is 0 Å². The van der Waals surface area contributed by atoms with Crippen molar-refractivity contribution in [3.63, 3.8) is 0 Å². The summed E-state index contributed by atoms with van der Waals surface area (Å²) in [6, 6.07) is 8.42. The molecule has 1 aliphatic heterocycles. The first kappa shape index (κ1) is 13.5. The molecule has 0 fully saturated rings. The van der Waals surface area contributed by atoms with Gasteiger partial charge < -0.3 is 10.6 Å². The minimum Gasteiger partial charge on any atom is -0.365 e. The molecule has 2 heterocycles. The number of hydrogen-bond donors (Lipinski definition) is 2. The molecule has 1 aliphatic rings. The number of nitrogens with one attached hydrogen (secondary N) is 2. The van der Waals surface area contributed by atoms with E-state index in [0.29, 0.717) is 12.2 Å². The zero-order valence-corrected chi connectivity index (χ0v) is 12.9. The second-order valence-corrected chi connectivity index (χ2v) is 6.47. The van der Waals surface area contributed by atoms with E-state index in [0.717, 1.165) is 10.0 Å². The van der Waals surface area contributed by atoms with Gasteiger partial charge in [-0.15, -0.1) is 11.8 Å². The van der Waals surface area contributed by atoms with E-state index in [1.165, 1.54) is 10.5 Å². The van der Waals surface area contributed by atoms with Crippen molar-refractivity contribution in [3.05, 3.63) is 34.7 Å². The fraction of sp³-hybridized carbons (Fsp3) is 0.286. The van der Waals surface area contributed by atoms with Crippen molar-refractivity contribution < 1.29 is 4.79 Å². The fourth-order valence-electron chi connectivity index (χ4n) is 2.33. The van der Waals surface area contributed by atoms with Crippen molar-refractivity contribution >= 4 is 40.0 Å². The molecule has 0 bridgehead atoms. The Kier molecular flexibility index (Phi) is 3.67. The van der Waals surface area contributed by atoms with Crippen LogP contribution in [0.2, 0.25) is 0 Å². The van der Waals surface area contributed by atoms with Crippen molar-refractivity contribution in [2.45, 2.75) is 17.2 Å². The lowest BCUT2D eigenvalue weighted by Gasteiger charge is -2.21. The Hall–Kier alpha value is -1.53. The van der Waals surface area contributed by atoms with Gasteiger partial charge in [-0.3, -0.25) is 4.79 Å². The molecule has 0 aliphatic carbocycles. The topological polar surface area (TPSA) is 54.0 Å². The smallest absolute Gasteiger partial charge is 0.226 e. The molecule has 104 valence electrons. The van der Waals surface area contributed by atoms with E-state index in [2.05, 4.69) is 46.1 Å². The molecule has 1 aromatic heterocycles. The summed E-state index contributed by atoms with van der Waals surface area (Å²) in [5.41, 5.74) is 1.17. The van der Waals surface area contributed by atoms with Crippen LogP contribution in [0.1, 0.15) is 22.8 Å². The largest absolute Gasteiger partial charge is 0.365 e. The highest BCUT2D eigenvalue weighted by Gasteiger charge is 2.30. The van der Waals surface area contributed by atoms with E-state index in [4.69, 9.17) is 0 Å². The van der Waals surface area contributed by atoms with E-state index in [9.17, 15) is 4.79 Å². The molecule has 0 spiro atoms. The Morgan fingerprint density at radius 2 is 2.15 bits per heavy atom. The molecule has 2 aromatic rings. The van der Waals surface area contributed by atoms with Crippen molar-refractivity contribution in [2.24, 2.45) is 0 Å². The third-order valence-corrected chi connectivity index (χ3v) is 5.28. The summed E-state index contributed by atoms with van der Waals surface area (Å²) in [5, 5.41) is 6.73. The summed E-state index contributed by atoms with van der Waals surface area (Å²) in [4.78, 5) is 18.6. The number of carbonyl (C=O) groups is 1. The number of amides is 1. The van der Waals surface area contributed by atoms with Crippen LogP contribution in [0.25, 0.3) is 0 Å². The van der Waals surface area contributed by atoms with Crippen LogP contribution in [0.4, 0.5) is 10.9 Å². The molecule has 1 atom stereocenters. The lowest BCUT2D eigenvalue weighted by Crippen LogP contribution is -2.22. The van der Waals surface area contributed by atoms with Gasteiger partial charge in [-0.05, 0) is 24.0 Å². The molecule has 1 aromatic carbocycles. The summed E-state index contributed by atoms with van der Waals surface area (Å²) in [6.07, 6.45) is 2.54. The number of benzene rings is 1. The molecular weight excluding hydrogens is 290 g/mol. The van der Waals surface area contributed by atoms with Crippen LogP contribution in [0, 0.1) is 0 Å². The maximum Gasteiger partial charge on any atom is 0.226 e. The quantitative estimate of drug-likeness (QED) is 0.854. The highest BCUT2D eigenvalue weighted by molar-refractivity contribution is 7.98. The van der Waals surface area contributed by atoms with Gasteiger partial charge in [0.05, 0.1) is 4.88 Å². The first-order chi connectivity index (χ1) is 9.71. The van der Waals surface area contributed by atoms with Gasteiger partial charge >= 0.3 is 0 Å². The number of hydrogen-bond acceptors (Lipinski definition) is 5. The Balaban J connectivity index is 2.00. The first-order valence-corrected chi connectivity index (χ1v) is 8.37. The number of anilines is 2. The van der Waals surface area contributed by atoms with Gasteiger partial charge in [-0.2, -0.15) is 0 Å². The van der Waals surface area contributed by atoms with Crippen molar-refractivity contribution in [2.75, 3.05) is 23.9 Å². The van der Waals surface area contributed by atoms with Gasteiger partial charge in [-0.1, -0.05) is 23.5 Å². The maximum absolute atomic E-state index is 11.9. The number of fused-ring (bicyclic) bond motifs is 1. The Bertz CT molecular complexity index is 636. The summed E-state index contributed by atoms with van der Waals surface area (Å²) in [5.74, 6) is 0.841. The van der Waals surface area contributed by atoms with Gasteiger partial charge in [0.25, 0.3) is 0 Å². The standard InChI is InChI=1S/C14H15N3OS2/c1-15-14-17-13-12(20-14)10(7-11(18)16-13)8-3-5-9(19-2)6-4-8/h3-6,10H,7H2,1-2H3,(H,15,17)(H,16,18)/t10-/m0/s1. The van der Waals surface area contributed by atoms with Crippen molar-refractivity contribution in [1.82, 2.24) is 4.98 Å². The molecule has 0 saturated carbocycles. The van der Waals surface area contributed by atoms with Crippen LogP contribution < -0.4 is 10.6 Å². The third-order valence-electron chi connectivity index (χ3n) is 3.35. The molecular formula is C14H15N3OS2. The molecule has 0 radical (unpaired) electrons. The molecule has 1 amide bonds. The van der Waals surface area contributed by atoms with Crippen molar-refractivity contribution in [1.29, 1.82) is 0 Å². The molecule has 4 nitrogen and oxygen atoms in total. The molecule has 6 heteroatoms. The second-order valence-electron chi connectivity index (χ2n) is 4.56. The van der Waals surface area contributed by atoms with E-state index in [1.54, 1.807) is 23.1 Å². The molecule has 20 heavy (non-hydrogen) atoms. The summed E-state index contributed by atoms with van der Waals surface area (Å²) in [6.45, 7) is 0. The summed E-state index contributed by atoms with van der Waals surface area (Å²) >= 11 is 3.33. The Morgan fingerprint density at radius 1 is 1.40 bits per heavy atom. The minimum absolute atomic E-state index is 0.0318. The molecule has 0 saturated heterocycles. The zero-order chi connectivity index (χ0) is 14.1. The van der Waals surface area contributed by atoms with E-state index >= 15 is 0 Å². The number of aromatic nitrogens is 1. The minimum atomic E-state index is 0.0318. The Morgan fingerprint density at radius 3 is 2.80 bits per heavy atom. The monoisotopic (exact) mass is 305 g/mol. The lowest BCUT2D eigenvalue weighted by molar-refractivity contribution is -0.116. The van der Waals surface area contributed by atoms with Gasteiger partial charge in [-0.25, -0.2) is 4.98 Å². The van der Waals surface area contributed by atoms with Gasteiger partial charge in [0.1, 0.15) is 5.82 Å². The highest BCUT2D eigenvalue weighted by Crippen LogP contribution is 2.42. The zero-order valence-electron chi connectivity index (χ0n) is 11.3. The van der Waals surface area contributed by atoms with Gasteiger partial charge in [0.15, 0.2) is 5.13 Å². The van der Waals surface area contributed by atoms with Gasteiger partial charge in [0.2, 0.25) is 5.91 Å². The predicted molar refractivity (Wildman–Crippen MR) is 85.0 cm³/mol. The SMILES string of the molecule is CNc1nc2c(s1)[C@H](c1ccc(SC)cc1)CC(=O)N2. The lowest BCUT2D eigenvalue weighted by atomic mass is 9.92. The molecule has 3 rings (SSSR count). The van der Waals surface area contributed by atoms with Crippen molar-refractivity contribution in [3.8, 4) is 0 Å². The number of rotatable bonds is 3. The van der Waals surface area contributed by atoms with Crippen LogP contribution in [0.5, 0.6) is 0 Å². The number of carbonyl (C=O) groups excluding carboxylic acids is 1. The average molecular weight is 305 g/mol. The third kappa shape index (κ3) is 2.41. The number of nitrogens with zero attached hydrogens (tertiary/aromatic N) is 1.